The van der Waals surface area contributed by atoms with E-state index in [2.05, 4.69) is 20.3 Å². The molecular formula is C15H11N5O. The van der Waals surface area contributed by atoms with Crippen LogP contribution in [-0.4, -0.2) is 24.8 Å². The van der Waals surface area contributed by atoms with Crippen LogP contribution in [0.25, 0.3) is 27.9 Å². The maximum atomic E-state index is 12.5. The van der Waals surface area contributed by atoms with E-state index in [-0.39, 0.29) is 5.56 Å². The average Bonchev–Trinajstić information content (AvgIpc) is 3.18. The van der Waals surface area contributed by atoms with Gasteiger partial charge in [-0.2, -0.15) is 5.10 Å². The lowest BCUT2D eigenvalue weighted by molar-refractivity contribution is 0.902. The first-order valence-corrected chi connectivity index (χ1v) is 6.48. The van der Waals surface area contributed by atoms with E-state index in [1.165, 1.54) is 4.52 Å². The molecule has 0 unspecified atom stereocenters. The third-order valence-corrected chi connectivity index (χ3v) is 3.43. The first kappa shape index (κ1) is 11.7. The van der Waals surface area contributed by atoms with Crippen LogP contribution in [0.1, 0.15) is 0 Å². The highest BCUT2D eigenvalue weighted by molar-refractivity contribution is 5.77. The van der Waals surface area contributed by atoms with E-state index in [0.29, 0.717) is 11.2 Å². The number of hydrogen-bond donors (Lipinski definition) is 2. The maximum Gasteiger partial charge on any atom is 0.280 e. The summed E-state index contributed by atoms with van der Waals surface area (Å²) in [7, 11) is 0. The highest BCUT2D eigenvalue weighted by Crippen LogP contribution is 2.22. The third kappa shape index (κ3) is 1.77. The van der Waals surface area contributed by atoms with Crippen molar-refractivity contribution < 1.29 is 0 Å². The van der Waals surface area contributed by atoms with Gasteiger partial charge in [0.1, 0.15) is 0 Å². The van der Waals surface area contributed by atoms with Crippen molar-refractivity contribution in [3.63, 3.8) is 0 Å². The van der Waals surface area contributed by atoms with Crippen LogP contribution >= 0.6 is 0 Å². The summed E-state index contributed by atoms with van der Waals surface area (Å²) in [5, 5.41) is 9.53. The fraction of sp³-hybridized carbons (Fsp3) is 0. The van der Waals surface area contributed by atoms with Crippen LogP contribution in [0, 0.1) is 0 Å². The Morgan fingerprint density at radius 1 is 0.952 bits per heavy atom. The van der Waals surface area contributed by atoms with Crippen LogP contribution < -0.4 is 5.56 Å². The summed E-state index contributed by atoms with van der Waals surface area (Å²) >= 11 is 0. The summed E-state index contributed by atoms with van der Waals surface area (Å²) in [6.45, 7) is 0. The number of benzene rings is 1. The van der Waals surface area contributed by atoms with Crippen molar-refractivity contribution in [3.05, 3.63) is 65.5 Å². The monoisotopic (exact) mass is 277 g/mol. The average molecular weight is 277 g/mol. The molecule has 3 aromatic heterocycles. The summed E-state index contributed by atoms with van der Waals surface area (Å²) in [4.78, 5) is 16.9. The SMILES string of the molecule is O=c1c(-c2cn[nH]c2)cnc2c(-c3ccccc3)c[nH]n12. The minimum Gasteiger partial charge on any atom is -0.296 e. The first-order chi connectivity index (χ1) is 10.3. The van der Waals surface area contributed by atoms with Gasteiger partial charge in [-0.15, -0.1) is 0 Å². The van der Waals surface area contributed by atoms with Gasteiger partial charge in [0.25, 0.3) is 5.56 Å². The molecule has 2 N–H and O–H groups in total. The van der Waals surface area contributed by atoms with Crippen molar-refractivity contribution in [3.8, 4) is 22.3 Å². The quantitative estimate of drug-likeness (QED) is 0.588. The third-order valence-electron chi connectivity index (χ3n) is 3.43. The van der Waals surface area contributed by atoms with Gasteiger partial charge in [0, 0.05) is 29.7 Å². The second kappa shape index (κ2) is 4.45. The number of aromatic amines is 2. The van der Waals surface area contributed by atoms with Crippen LogP contribution in [0.2, 0.25) is 0 Å². The van der Waals surface area contributed by atoms with E-state index >= 15 is 0 Å². The molecule has 0 aliphatic heterocycles. The van der Waals surface area contributed by atoms with Gasteiger partial charge in [-0.1, -0.05) is 30.3 Å². The number of fused-ring (bicyclic) bond motifs is 1. The largest absolute Gasteiger partial charge is 0.296 e. The van der Waals surface area contributed by atoms with Gasteiger partial charge in [0.2, 0.25) is 0 Å². The molecule has 0 aliphatic carbocycles. The van der Waals surface area contributed by atoms with Crippen molar-refractivity contribution in [2.75, 3.05) is 0 Å². The molecule has 102 valence electrons. The van der Waals surface area contributed by atoms with Gasteiger partial charge in [-0.05, 0) is 5.56 Å². The summed E-state index contributed by atoms with van der Waals surface area (Å²) in [5.74, 6) is 0. The standard InChI is InChI=1S/C15H11N5O/c21-15-13(11-6-17-18-7-11)8-16-14-12(9-19-20(14)15)10-4-2-1-3-5-10/h1-9,19H,(H,17,18). The zero-order valence-corrected chi connectivity index (χ0v) is 10.9. The van der Waals surface area contributed by atoms with Crippen molar-refractivity contribution in [2.45, 2.75) is 0 Å². The van der Waals surface area contributed by atoms with E-state index in [9.17, 15) is 4.79 Å². The minimum atomic E-state index is -0.149. The smallest absolute Gasteiger partial charge is 0.280 e. The number of aromatic nitrogens is 5. The molecule has 0 saturated carbocycles. The van der Waals surface area contributed by atoms with Crippen LogP contribution in [0.3, 0.4) is 0 Å². The van der Waals surface area contributed by atoms with Crippen LogP contribution in [0.5, 0.6) is 0 Å². The molecule has 6 heteroatoms. The number of rotatable bonds is 2. The normalized spacial score (nSPS) is 11.0. The zero-order chi connectivity index (χ0) is 14.2. The Morgan fingerprint density at radius 3 is 2.57 bits per heavy atom. The molecule has 0 fully saturated rings. The fourth-order valence-electron chi connectivity index (χ4n) is 2.39. The van der Waals surface area contributed by atoms with Crippen molar-refractivity contribution in [1.82, 2.24) is 24.8 Å². The van der Waals surface area contributed by atoms with Crippen molar-refractivity contribution >= 4 is 5.65 Å². The van der Waals surface area contributed by atoms with E-state index in [1.807, 2.05) is 30.3 Å². The molecule has 1 aromatic carbocycles. The molecule has 0 aliphatic rings. The van der Waals surface area contributed by atoms with E-state index in [1.54, 1.807) is 24.8 Å². The van der Waals surface area contributed by atoms with Gasteiger partial charge < -0.3 is 0 Å². The van der Waals surface area contributed by atoms with Gasteiger partial charge in [-0.25, -0.2) is 9.50 Å². The minimum absolute atomic E-state index is 0.149. The number of nitrogens with zero attached hydrogens (tertiary/aromatic N) is 3. The molecule has 0 atom stereocenters. The van der Waals surface area contributed by atoms with E-state index in [0.717, 1.165) is 16.7 Å². The molecular weight excluding hydrogens is 266 g/mol. The van der Waals surface area contributed by atoms with Crippen molar-refractivity contribution in [2.24, 2.45) is 0 Å². The van der Waals surface area contributed by atoms with Gasteiger partial charge in [0.05, 0.1) is 11.8 Å². The summed E-state index contributed by atoms with van der Waals surface area (Å²) < 4.78 is 1.45. The lowest BCUT2D eigenvalue weighted by Gasteiger charge is -2.00. The summed E-state index contributed by atoms with van der Waals surface area (Å²) in [5.41, 5.74) is 3.59. The molecule has 3 heterocycles. The zero-order valence-electron chi connectivity index (χ0n) is 10.9. The molecule has 0 amide bonds. The molecule has 21 heavy (non-hydrogen) atoms. The lowest BCUT2D eigenvalue weighted by Crippen LogP contribution is -2.16. The number of hydrogen-bond acceptors (Lipinski definition) is 3. The molecule has 6 nitrogen and oxygen atoms in total. The van der Waals surface area contributed by atoms with Gasteiger partial charge in [-0.3, -0.25) is 15.0 Å². The fourth-order valence-corrected chi connectivity index (χ4v) is 2.39. The Morgan fingerprint density at radius 2 is 1.81 bits per heavy atom. The predicted molar refractivity (Wildman–Crippen MR) is 78.8 cm³/mol. The Hall–Kier alpha value is -3.15. The highest BCUT2D eigenvalue weighted by Gasteiger charge is 2.12. The Balaban J connectivity index is 1.96. The maximum absolute atomic E-state index is 12.5. The molecule has 0 radical (unpaired) electrons. The van der Waals surface area contributed by atoms with E-state index in [4.69, 9.17) is 0 Å². The highest BCUT2D eigenvalue weighted by atomic mass is 16.1. The van der Waals surface area contributed by atoms with Crippen molar-refractivity contribution in [1.29, 1.82) is 0 Å². The second-order valence-corrected chi connectivity index (χ2v) is 4.68. The summed E-state index contributed by atoms with van der Waals surface area (Å²) in [6.07, 6.45) is 6.65. The number of H-pyrrole nitrogens is 2. The van der Waals surface area contributed by atoms with Crippen LogP contribution in [0.4, 0.5) is 0 Å². The van der Waals surface area contributed by atoms with Crippen LogP contribution in [-0.2, 0) is 0 Å². The van der Waals surface area contributed by atoms with E-state index < -0.39 is 0 Å². The molecule has 0 saturated heterocycles. The number of nitrogens with one attached hydrogen (secondary N) is 2. The van der Waals surface area contributed by atoms with Gasteiger partial charge in [0.15, 0.2) is 5.65 Å². The first-order valence-electron chi connectivity index (χ1n) is 6.48. The van der Waals surface area contributed by atoms with Crippen LogP contribution in [0.15, 0.2) is 59.9 Å². The lowest BCUT2D eigenvalue weighted by atomic mass is 10.1. The molecule has 4 aromatic rings. The predicted octanol–water partition coefficient (Wildman–Crippen LogP) is 2.08. The second-order valence-electron chi connectivity index (χ2n) is 4.68. The topological polar surface area (TPSA) is 78.8 Å². The molecule has 0 bridgehead atoms. The Labute approximate surface area is 119 Å². The summed E-state index contributed by atoms with van der Waals surface area (Å²) in [6, 6.07) is 9.83. The Kier molecular flexibility index (Phi) is 2.47. The molecule has 4 rings (SSSR count). The Bertz CT molecular complexity index is 951. The van der Waals surface area contributed by atoms with Gasteiger partial charge >= 0.3 is 0 Å². The molecule has 0 spiro atoms.